The van der Waals surface area contributed by atoms with Gasteiger partial charge in [-0.1, -0.05) is 34.7 Å². The maximum atomic E-state index is 12.5. The molecule has 0 spiro atoms. The van der Waals surface area contributed by atoms with Crippen molar-refractivity contribution in [3.05, 3.63) is 47.5 Å². The van der Waals surface area contributed by atoms with E-state index in [4.69, 9.17) is 25.8 Å². The number of halogens is 1. The van der Waals surface area contributed by atoms with Crippen molar-refractivity contribution in [1.82, 2.24) is 10.2 Å². The molecule has 1 heterocycles. The van der Waals surface area contributed by atoms with Crippen LogP contribution in [0, 0.1) is 0 Å². The van der Waals surface area contributed by atoms with Crippen molar-refractivity contribution in [3.8, 4) is 17.2 Å². The van der Waals surface area contributed by atoms with Crippen molar-refractivity contribution in [2.75, 3.05) is 43.3 Å². The topological polar surface area (TPSA) is 94.6 Å². The first kappa shape index (κ1) is 24.1. The van der Waals surface area contributed by atoms with Gasteiger partial charge in [0.2, 0.25) is 11.0 Å². The summed E-state index contributed by atoms with van der Waals surface area (Å²) in [6.07, 6.45) is 0. The average molecular weight is 495 g/mol. The molecule has 0 saturated carbocycles. The second-order valence-electron chi connectivity index (χ2n) is 6.28. The second-order valence-corrected chi connectivity index (χ2v) is 8.91. The largest absolute Gasteiger partial charge is 0.494 e. The molecule has 0 saturated heterocycles. The minimum atomic E-state index is -0.210. The summed E-state index contributed by atoms with van der Waals surface area (Å²) < 4.78 is 17.1. The average Bonchev–Trinajstić information content (AvgIpc) is 3.24. The first-order valence-corrected chi connectivity index (χ1v) is 11.9. The van der Waals surface area contributed by atoms with Gasteiger partial charge in [0, 0.05) is 18.7 Å². The summed E-state index contributed by atoms with van der Waals surface area (Å²) in [6, 6.07) is 12.3. The minimum Gasteiger partial charge on any atom is -0.494 e. The van der Waals surface area contributed by atoms with Crippen LogP contribution in [0.2, 0.25) is 5.02 Å². The molecule has 3 aromatic rings. The Bertz CT molecular complexity index is 1020. The van der Waals surface area contributed by atoms with Gasteiger partial charge in [-0.2, -0.15) is 0 Å². The summed E-state index contributed by atoms with van der Waals surface area (Å²) in [4.78, 5) is 12.5. The summed E-state index contributed by atoms with van der Waals surface area (Å²) in [5, 5.41) is 15.3. The Kier molecular flexibility index (Phi) is 9.42. The molecule has 32 heavy (non-hydrogen) atoms. The molecule has 2 N–H and O–H groups in total. The molecule has 8 nitrogen and oxygen atoms in total. The molecule has 3 rings (SSSR count). The Labute approximate surface area is 199 Å². The Hall–Kier alpha value is -2.53. The number of aromatic nitrogens is 2. The van der Waals surface area contributed by atoms with Gasteiger partial charge in [0.25, 0.3) is 0 Å². The lowest BCUT2D eigenvalue weighted by Crippen LogP contribution is -2.14. The number of hydrogen-bond acceptors (Lipinski definition) is 9. The van der Waals surface area contributed by atoms with Gasteiger partial charge in [-0.15, -0.1) is 10.2 Å². The number of nitrogens with one attached hydrogen (secondary N) is 2. The van der Waals surface area contributed by atoms with Crippen LogP contribution in [0.15, 0.2) is 46.8 Å². The molecule has 0 bridgehead atoms. The zero-order valence-corrected chi connectivity index (χ0v) is 20.0. The Morgan fingerprint density at radius 3 is 2.69 bits per heavy atom. The quantitative estimate of drug-likeness (QED) is 0.263. The van der Waals surface area contributed by atoms with E-state index in [2.05, 4.69) is 20.8 Å². The summed E-state index contributed by atoms with van der Waals surface area (Å²) >= 11 is 8.81. The number of methoxy groups -OCH3 is 1. The lowest BCUT2D eigenvalue weighted by Gasteiger charge is -2.13. The predicted octanol–water partition coefficient (Wildman–Crippen LogP) is 5.17. The molecule has 1 amide bonds. The highest BCUT2D eigenvalue weighted by Crippen LogP contribution is 2.33. The van der Waals surface area contributed by atoms with E-state index < -0.39 is 0 Å². The number of benzene rings is 2. The highest BCUT2D eigenvalue weighted by atomic mass is 35.5. The van der Waals surface area contributed by atoms with Gasteiger partial charge in [-0.3, -0.25) is 4.79 Å². The maximum absolute atomic E-state index is 12.5. The lowest BCUT2D eigenvalue weighted by molar-refractivity contribution is -0.113. The van der Waals surface area contributed by atoms with Crippen molar-refractivity contribution in [2.24, 2.45) is 0 Å². The van der Waals surface area contributed by atoms with Crippen LogP contribution in [0.4, 0.5) is 10.8 Å². The number of nitrogens with zero attached hydrogens (tertiary/aromatic N) is 2. The molecular formula is C21H23ClN4O4S2. The third kappa shape index (κ3) is 7.56. The molecule has 11 heteroatoms. The van der Waals surface area contributed by atoms with E-state index in [9.17, 15) is 4.79 Å². The summed E-state index contributed by atoms with van der Waals surface area (Å²) in [5.74, 6) is 1.82. The Balaban J connectivity index is 1.58. The van der Waals surface area contributed by atoms with Gasteiger partial charge < -0.3 is 24.8 Å². The van der Waals surface area contributed by atoms with Crippen LogP contribution < -0.4 is 20.1 Å². The summed E-state index contributed by atoms with van der Waals surface area (Å²) in [7, 11) is 1.64. The van der Waals surface area contributed by atoms with Crippen LogP contribution in [0.1, 0.15) is 6.92 Å². The zero-order valence-electron chi connectivity index (χ0n) is 17.6. The molecular weight excluding hydrogens is 472 g/mol. The highest BCUT2D eigenvalue weighted by Gasteiger charge is 2.12. The van der Waals surface area contributed by atoms with Gasteiger partial charge in [0.1, 0.15) is 11.5 Å². The number of amides is 1. The van der Waals surface area contributed by atoms with Gasteiger partial charge >= 0.3 is 0 Å². The number of anilines is 2. The molecule has 170 valence electrons. The summed E-state index contributed by atoms with van der Waals surface area (Å²) in [6.45, 7) is 3.73. The number of ether oxygens (including phenoxy) is 3. The van der Waals surface area contributed by atoms with Gasteiger partial charge in [0.15, 0.2) is 10.1 Å². The highest BCUT2D eigenvalue weighted by molar-refractivity contribution is 8.01. The lowest BCUT2D eigenvalue weighted by atomic mass is 10.2. The number of rotatable bonds is 12. The van der Waals surface area contributed by atoms with Crippen LogP contribution in [0.5, 0.6) is 17.2 Å². The van der Waals surface area contributed by atoms with Crippen molar-refractivity contribution >= 4 is 51.4 Å². The fraction of sp³-hybridized carbons (Fsp3) is 0.286. The molecule has 0 aliphatic rings. The fourth-order valence-corrected chi connectivity index (χ4v) is 4.25. The van der Waals surface area contributed by atoms with E-state index in [-0.39, 0.29) is 11.7 Å². The van der Waals surface area contributed by atoms with Crippen molar-refractivity contribution in [2.45, 2.75) is 11.3 Å². The molecule has 0 aliphatic carbocycles. The second kappa shape index (κ2) is 12.5. The van der Waals surface area contributed by atoms with Gasteiger partial charge in [0.05, 0.1) is 24.7 Å². The van der Waals surface area contributed by atoms with E-state index in [1.165, 1.54) is 23.1 Å². The van der Waals surface area contributed by atoms with Crippen molar-refractivity contribution in [3.63, 3.8) is 0 Å². The molecule has 0 unspecified atom stereocenters. The van der Waals surface area contributed by atoms with Crippen molar-refractivity contribution < 1.29 is 19.0 Å². The van der Waals surface area contributed by atoms with E-state index in [1.54, 1.807) is 37.4 Å². The third-order valence-corrected chi connectivity index (χ3v) is 6.14. The SMILES string of the molecule is CCOc1ccc(Oc2ccc(Cl)cc2NC(=O)CSc2nnc(NCCOC)s2)cc1. The van der Waals surface area contributed by atoms with E-state index in [0.29, 0.717) is 51.4 Å². The van der Waals surface area contributed by atoms with Crippen LogP contribution in [0.25, 0.3) is 0 Å². The first-order valence-electron chi connectivity index (χ1n) is 9.76. The smallest absolute Gasteiger partial charge is 0.234 e. The Morgan fingerprint density at radius 2 is 1.94 bits per heavy atom. The molecule has 0 fully saturated rings. The standard InChI is InChI=1S/C21H23ClN4O4S2/c1-3-29-15-5-7-16(8-6-15)30-18-9-4-14(22)12-17(18)24-19(27)13-31-21-26-25-20(32-21)23-10-11-28-2/h4-9,12H,3,10-11,13H2,1-2H3,(H,23,25)(H,24,27). The normalized spacial score (nSPS) is 10.6. The fourth-order valence-electron chi connectivity index (χ4n) is 2.50. The third-order valence-electron chi connectivity index (χ3n) is 3.89. The van der Waals surface area contributed by atoms with Crippen LogP contribution >= 0.6 is 34.7 Å². The summed E-state index contributed by atoms with van der Waals surface area (Å²) in [5.41, 5.74) is 0.483. The van der Waals surface area contributed by atoms with Crippen LogP contribution in [-0.2, 0) is 9.53 Å². The van der Waals surface area contributed by atoms with Crippen LogP contribution in [-0.4, -0.2) is 48.7 Å². The number of carbonyl (C=O) groups excluding carboxylic acids is 1. The number of hydrogen-bond donors (Lipinski definition) is 2. The zero-order chi connectivity index (χ0) is 22.8. The molecule has 0 aliphatic heterocycles. The minimum absolute atomic E-state index is 0.168. The van der Waals surface area contributed by atoms with E-state index in [1.807, 2.05) is 19.1 Å². The van der Waals surface area contributed by atoms with E-state index >= 15 is 0 Å². The monoisotopic (exact) mass is 494 g/mol. The Morgan fingerprint density at radius 1 is 1.16 bits per heavy atom. The predicted molar refractivity (Wildman–Crippen MR) is 129 cm³/mol. The number of carbonyl (C=O) groups is 1. The maximum Gasteiger partial charge on any atom is 0.234 e. The van der Waals surface area contributed by atoms with Gasteiger partial charge in [-0.05, 0) is 49.4 Å². The van der Waals surface area contributed by atoms with Crippen LogP contribution in [0.3, 0.4) is 0 Å². The first-order chi connectivity index (χ1) is 15.6. The van der Waals surface area contributed by atoms with Gasteiger partial charge in [-0.25, -0.2) is 0 Å². The van der Waals surface area contributed by atoms with E-state index in [0.717, 1.165) is 5.75 Å². The molecule has 1 aromatic heterocycles. The molecule has 0 atom stereocenters. The molecule has 2 aromatic carbocycles. The number of thioether (sulfide) groups is 1. The van der Waals surface area contributed by atoms with Crippen molar-refractivity contribution in [1.29, 1.82) is 0 Å². The molecule has 0 radical (unpaired) electrons.